The number of carbonyl (C=O) groups excluding carboxylic acids is 3. The first-order valence-electron chi connectivity index (χ1n) is 10.8. The molecule has 3 aliphatic heterocycles. The van der Waals surface area contributed by atoms with Crippen molar-refractivity contribution in [1.29, 1.82) is 0 Å². The van der Waals surface area contributed by atoms with Crippen LogP contribution in [0.5, 0.6) is 0 Å². The Morgan fingerprint density at radius 3 is 2.71 bits per heavy atom. The molecule has 31 heavy (non-hydrogen) atoms. The molecule has 2 aromatic rings. The molecule has 3 amide bonds. The highest BCUT2D eigenvalue weighted by atomic mass is 16.2. The Balaban J connectivity index is 1.30. The topological polar surface area (TPSA) is 95.7 Å². The van der Waals surface area contributed by atoms with Crippen molar-refractivity contribution >= 4 is 17.7 Å². The first kappa shape index (κ1) is 19.9. The number of benzene rings is 2. The van der Waals surface area contributed by atoms with Crippen LogP contribution in [0.25, 0.3) is 0 Å². The van der Waals surface area contributed by atoms with Gasteiger partial charge in [-0.3, -0.25) is 24.6 Å². The zero-order valence-corrected chi connectivity index (χ0v) is 17.3. The summed E-state index contributed by atoms with van der Waals surface area (Å²) in [6.07, 6.45) is 1.61. The Morgan fingerprint density at radius 1 is 1.03 bits per heavy atom. The molecule has 5 rings (SSSR count). The van der Waals surface area contributed by atoms with Gasteiger partial charge in [-0.15, -0.1) is 0 Å². The quantitative estimate of drug-likeness (QED) is 0.737. The fourth-order valence-electron chi connectivity index (χ4n) is 5.00. The number of imide groups is 1. The standard InChI is InChI=1S/C24H26N4O3/c25-20-14-27(10-9-16-3-1-2-4-18(16)20)12-15-5-6-19-17(11-15)13-28(24(19)31)21-7-8-22(29)26-23(21)30/h1-6,11,20-21H,7-10,12-14,25H2,(H,26,29,30). The second-order valence-electron chi connectivity index (χ2n) is 8.68. The van der Waals surface area contributed by atoms with Crippen molar-refractivity contribution in [2.24, 2.45) is 5.73 Å². The lowest BCUT2D eigenvalue weighted by molar-refractivity contribution is -0.136. The minimum atomic E-state index is -0.580. The molecular weight excluding hydrogens is 392 g/mol. The summed E-state index contributed by atoms with van der Waals surface area (Å²) in [6, 6.07) is 13.7. The molecule has 2 unspecified atom stereocenters. The highest BCUT2D eigenvalue weighted by Gasteiger charge is 2.39. The van der Waals surface area contributed by atoms with Crippen LogP contribution in [0.15, 0.2) is 42.5 Å². The number of hydrogen-bond acceptors (Lipinski definition) is 5. The molecule has 0 aromatic heterocycles. The molecular formula is C24H26N4O3. The lowest BCUT2D eigenvalue weighted by Crippen LogP contribution is -2.52. The van der Waals surface area contributed by atoms with Gasteiger partial charge in [0.1, 0.15) is 6.04 Å². The van der Waals surface area contributed by atoms with Gasteiger partial charge in [-0.05, 0) is 41.2 Å². The molecule has 2 aromatic carbocycles. The Bertz CT molecular complexity index is 1070. The van der Waals surface area contributed by atoms with Crippen molar-refractivity contribution in [1.82, 2.24) is 15.1 Å². The fraction of sp³-hybridized carbons (Fsp3) is 0.375. The van der Waals surface area contributed by atoms with Gasteiger partial charge in [-0.1, -0.05) is 36.4 Å². The summed E-state index contributed by atoms with van der Waals surface area (Å²) in [5.74, 6) is -0.787. The fourth-order valence-corrected chi connectivity index (χ4v) is 5.00. The molecule has 0 radical (unpaired) electrons. The van der Waals surface area contributed by atoms with Gasteiger partial charge in [0.2, 0.25) is 11.8 Å². The second-order valence-corrected chi connectivity index (χ2v) is 8.68. The number of nitrogens with two attached hydrogens (primary N) is 1. The minimum absolute atomic E-state index is 0.0160. The van der Waals surface area contributed by atoms with Crippen LogP contribution >= 0.6 is 0 Å². The van der Waals surface area contributed by atoms with Crippen molar-refractivity contribution in [3.8, 4) is 0 Å². The van der Waals surface area contributed by atoms with Crippen LogP contribution in [-0.4, -0.2) is 46.7 Å². The van der Waals surface area contributed by atoms with E-state index in [4.69, 9.17) is 5.73 Å². The molecule has 0 bridgehead atoms. The van der Waals surface area contributed by atoms with E-state index in [-0.39, 0.29) is 30.2 Å². The molecule has 7 nitrogen and oxygen atoms in total. The van der Waals surface area contributed by atoms with E-state index in [0.29, 0.717) is 18.5 Å². The van der Waals surface area contributed by atoms with Gasteiger partial charge in [-0.2, -0.15) is 0 Å². The minimum Gasteiger partial charge on any atom is -0.323 e. The molecule has 1 saturated heterocycles. The predicted molar refractivity (Wildman–Crippen MR) is 115 cm³/mol. The largest absolute Gasteiger partial charge is 0.323 e. The molecule has 1 fully saturated rings. The third-order valence-electron chi connectivity index (χ3n) is 6.60. The van der Waals surface area contributed by atoms with E-state index in [1.165, 1.54) is 11.1 Å². The van der Waals surface area contributed by atoms with E-state index in [1.54, 1.807) is 4.90 Å². The maximum Gasteiger partial charge on any atom is 0.255 e. The van der Waals surface area contributed by atoms with Gasteiger partial charge >= 0.3 is 0 Å². The lowest BCUT2D eigenvalue weighted by atomic mass is 10.0. The molecule has 3 heterocycles. The normalized spacial score (nSPS) is 23.9. The van der Waals surface area contributed by atoms with Gasteiger partial charge in [0, 0.05) is 44.2 Å². The number of piperidine rings is 1. The molecule has 160 valence electrons. The molecule has 3 N–H and O–H groups in total. The first-order chi connectivity index (χ1) is 15.0. The highest BCUT2D eigenvalue weighted by Crippen LogP contribution is 2.29. The average Bonchev–Trinajstić information content (AvgIpc) is 2.98. The van der Waals surface area contributed by atoms with Crippen molar-refractivity contribution in [2.45, 2.75) is 44.4 Å². The maximum atomic E-state index is 12.9. The van der Waals surface area contributed by atoms with E-state index in [1.807, 2.05) is 18.2 Å². The number of nitrogens with one attached hydrogen (secondary N) is 1. The van der Waals surface area contributed by atoms with Crippen molar-refractivity contribution in [3.63, 3.8) is 0 Å². The van der Waals surface area contributed by atoms with E-state index >= 15 is 0 Å². The van der Waals surface area contributed by atoms with Crippen molar-refractivity contribution in [2.75, 3.05) is 13.1 Å². The van der Waals surface area contributed by atoms with E-state index < -0.39 is 6.04 Å². The van der Waals surface area contributed by atoms with Crippen LogP contribution in [-0.2, 0) is 29.1 Å². The molecule has 0 aliphatic carbocycles. The molecule has 0 saturated carbocycles. The zero-order chi connectivity index (χ0) is 21.5. The summed E-state index contributed by atoms with van der Waals surface area (Å²) in [7, 11) is 0. The lowest BCUT2D eigenvalue weighted by Gasteiger charge is -2.29. The monoisotopic (exact) mass is 418 g/mol. The molecule has 2 atom stereocenters. The van der Waals surface area contributed by atoms with Crippen molar-refractivity contribution < 1.29 is 14.4 Å². The Hall–Kier alpha value is -3.03. The van der Waals surface area contributed by atoms with E-state index in [2.05, 4.69) is 34.5 Å². The number of amides is 3. The summed E-state index contributed by atoms with van der Waals surface area (Å²) in [5.41, 5.74) is 11.7. The summed E-state index contributed by atoms with van der Waals surface area (Å²) in [6.45, 7) is 2.89. The number of carbonyl (C=O) groups is 3. The Kier molecular flexibility index (Phi) is 5.08. The number of rotatable bonds is 3. The highest BCUT2D eigenvalue weighted by molar-refractivity contribution is 6.05. The summed E-state index contributed by atoms with van der Waals surface area (Å²) >= 11 is 0. The SMILES string of the molecule is NC1CN(Cc2ccc3c(c2)CN(C2CCC(=O)NC2=O)C3=O)CCc2ccccc21. The van der Waals surface area contributed by atoms with Gasteiger partial charge in [0.25, 0.3) is 5.91 Å². The van der Waals surface area contributed by atoms with Crippen LogP contribution in [0.4, 0.5) is 0 Å². The smallest absolute Gasteiger partial charge is 0.255 e. The molecule has 3 aliphatic rings. The van der Waals surface area contributed by atoms with Crippen LogP contribution in [0.1, 0.15) is 51.5 Å². The van der Waals surface area contributed by atoms with Crippen LogP contribution in [0.2, 0.25) is 0 Å². The van der Waals surface area contributed by atoms with Crippen LogP contribution < -0.4 is 11.1 Å². The third-order valence-corrected chi connectivity index (χ3v) is 6.60. The first-order valence-corrected chi connectivity index (χ1v) is 10.8. The second kappa shape index (κ2) is 7.90. The Morgan fingerprint density at radius 2 is 1.87 bits per heavy atom. The van der Waals surface area contributed by atoms with Gasteiger partial charge in [0.05, 0.1) is 0 Å². The van der Waals surface area contributed by atoms with Gasteiger partial charge < -0.3 is 10.6 Å². The predicted octanol–water partition coefficient (Wildman–Crippen LogP) is 1.51. The average molecular weight is 418 g/mol. The third kappa shape index (κ3) is 3.75. The Labute approximate surface area is 181 Å². The summed E-state index contributed by atoms with van der Waals surface area (Å²) < 4.78 is 0. The molecule has 0 spiro atoms. The summed E-state index contributed by atoms with van der Waals surface area (Å²) in [4.78, 5) is 40.5. The number of nitrogens with zero attached hydrogens (tertiary/aromatic N) is 2. The maximum absolute atomic E-state index is 12.9. The summed E-state index contributed by atoms with van der Waals surface area (Å²) in [5, 5.41) is 2.35. The zero-order valence-electron chi connectivity index (χ0n) is 17.3. The van der Waals surface area contributed by atoms with E-state index in [0.717, 1.165) is 37.2 Å². The molecule has 7 heteroatoms. The van der Waals surface area contributed by atoms with E-state index in [9.17, 15) is 14.4 Å². The number of fused-ring (bicyclic) bond motifs is 2. The van der Waals surface area contributed by atoms with Gasteiger partial charge in [-0.25, -0.2) is 0 Å². The number of hydrogen-bond donors (Lipinski definition) is 2. The van der Waals surface area contributed by atoms with Gasteiger partial charge in [0.15, 0.2) is 0 Å². The van der Waals surface area contributed by atoms with Crippen LogP contribution in [0.3, 0.4) is 0 Å². The van der Waals surface area contributed by atoms with Crippen molar-refractivity contribution in [3.05, 3.63) is 70.3 Å². The van der Waals surface area contributed by atoms with Crippen LogP contribution in [0, 0.1) is 0 Å².